The van der Waals surface area contributed by atoms with E-state index in [0.717, 1.165) is 12.8 Å². The van der Waals surface area contributed by atoms with Crippen LogP contribution >= 0.6 is 0 Å². The third-order valence-corrected chi connectivity index (χ3v) is 2.02. The summed E-state index contributed by atoms with van der Waals surface area (Å²) in [6, 6.07) is 0. The molecule has 12 heavy (non-hydrogen) atoms. The predicted octanol–water partition coefficient (Wildman–Crippen LogP) is 0.970. The molecular formula is C9H12FNO. The van der Waals surface area contributed by atoms with Crippen LogP contribution in [-0.2, 0) is 4.79 Å². The number of terminal acetylenes is 1. The van der Waals surface area contributed by atoms with Crippen LogP contribution in [0.3, 0.4) is 0 Å². The molecule has 0 radical (unpaired) electrons. The fourth-order valence-corrected chi connectivity index (χ4v) is 1.37. The second kappa shape index (κ2) is 4.10. The Morgan fingerprint density at radius 1 is 1.58 bits per heavy atom. The maximum atomic E-state index is 12.9. The van der Waals surface area contributed by atoms with E-state index in [1.54, 1.807) is 0 Å². The summed E-state index contributed by atoms with van der Waals surface area (Å²) in [5.41, 5.74) is 0. The first-order valence-electron chi connectivity index (χ1n) is 4.13. The van der Waals surface area contributed by atoms with E-state index in [1.165, 1.54) is 4.90 Å². The molecule has 1 atom stereocenters. The van der Waals surface area contributed by atoms with E-state index in [4.69, 9.17) is 6.42 Å². The van der Waals surface area contributed by atoms with Crippen LogP contribution in [0.4, 0.5) is 4.39 Å². The average molecular weight is 169 g/mol. The number of alkyl halides is 1. The lowest BCUT2D eigenvalue weighted by Gasteiger charge is -2.17. The largest absolute Gasteiger partial charge is 0.329 e. The van der Waals surface area contributed by atoms with Crippen molar-refractivity contribution >= 4 is 5.91 Å². The van der Waals surface area contributed by atoms with Gasteiger partial charge >= 0.3 is 0 Å². The number of amides is 1. The second-order valence-electron chi connectivity index (χ2n) is 2.99. The average Bonchev–Trinajstić information content (AvgIpc) is 2.28. The van der Waals surface area contributed by atoms with E-state index >= 15 is 0 Å². The topological polar surface area (TPSA) is 20.3 Å². The number of likely N-dealkylation sites (tertiary alicyclic amines) is 1. The Labute approximate surface area is 71.7 Å². The van der Waals surface area contributed by atoms with Crippen molar-refractivity contribution in [1.82, 2.24) is 4.90 Å². The molecule has 0 bridgehead atoms. The van der Waals surface area contributed by atoms with Crippen LogP contribution in [0.2, 0.25) is 0 Å². The summed E-state index contributed by atoms with van der Waals surface area (Å²) in [5, 5.41) is 0. The molecule has 0 aromatic heterocycles. The first-order chi connectivity index (χ1) is 5.74. The zero-order valence-corrected chi connectivity index (χ0v) is 6.92. The van der Waals surface area contributed by atoms with Gasteiger partial charge in [0, 0.05) is 6.54 Å². The minimum atomic E-state index is -0.898. The highest BCUT2D eigenvalue weighted by Crippen LogP contribution is 2.12. The van der Waals surface area contributed by atoms with Crippen molar-refractivity contribution in [3.05, 3.63) is 0 Å². The minimum absolute atomic E-state index is 0.170. The van der Waals surface area contributed by atoms with E-state index < -0.39 is 6.17 Å². The Kier molecular flexibility index (Phi) is 3.09. The van der Waals surface area contributed by atoms with E-state index in [-0.39, 0.29) is 12.5 Å². The van der Waals surface area contributed by atoms with Crippen molar-refractivity contribution in [2.75, 3.05) is 13.1 Å². The van der Waals surface area contributed by atoms with Crippen molar-refractivity contribution < 1.29 is 9.18 Å². The number of halogens is 1. The molecular weight excluding hydrogens is 157 g/mol. The number of hydrogen-bond acceptors (Lipinski definition) is 1. The van der Waals surface area contributed by atoms with E-state index in [1.807, 2.05) is 5.92 Å². The van der Waals surface area contributed by atoms with Gasteiger partial charge in [-0.1, -0.05) is 0 Å². The molecule has 0 saturated carbocycles. The van der Waals surface area contributed by atoms with Crippen LogP contribution in [0, 0.1) is 12.3 Å². The lowest BCUT2D eigenvalue weighted by Crippen LogP contribution is -2.34. The molecule has 1 aliphatic rings. The number of hydrogen-bond donors (Lipinski definition) is 0. The quantitative estimate of drug-likeness (QED) is 0.495. The van der Waals surface area contributed by atoms with Gasteiger partial charge in [-0.2, -0.15) is 0 Å². The maximum Gasteiger partial charge on any atom is 0.298 e. The molecule has 1 aliphatic heterocycles. The van der Waals surface area contributed by atoms with E-state index in [2.05, 4.69) is 0 Å². The van der Waals surface area contributed by atoms with Gasteiger partial charge in [-0.05, 0) is 25.2 Å². The van der Waals surface area contributed by atoms with Gasteiger partial charge in [0.25, 0.3) is 5.91 Å². The van der Waals surface area contributed by atoms with Gasteiger partial charge in [-0.15, -0.1) is 6.42 Å². The third-order valence-electron chi connectivity index (χ3n) is 2.02. The molecule has 1 saturated heterocycles. The van der Waals surface area contributed by atoms with Crippen LogP contribution in [-0.4, -0.2) is 30.1 Å². The molecule has 0 aliphatic carbocycles. The zero-order chi connectivity index (χ0) is 8.97. The van der Waals surface area contributed by atoms with E-state index in [9.17, 15) is 9.18 Å². The molecule has 1 rings (SSSR count). The lowest BCUT2D eigenvalue weighted by molar-refractivity contribution is -0.125. The summed E-state index contributed by atoms with van der Waals surface area (Å²) >= 11 is 0. The van der Waals surface area contributed by atoms with Gasteiger partial charge < -0.3 is 4.90 Å². The first kappa shape index (κ1) is 9.05. The van der Waals surface area contributed by atoms with Crippen LogP contribution in [0.5, 0.6) is 0 Å². The van der Waals surface area contributed by atoms with Crippen LogP contribution in [0.1, 0.15) is 19.3 Å². The lowest BCUT2D eigenvalue weighted by atomic mass is 10.2. The molecule has 0 N–H and O–H groups in total. The molecule has 2 nitrogen and oxygen atoms in total. The number of nitrogens with zero attached hydrogens (tertiary/aromatic N) is 1. The summed E-state index contributed by atoms with van der Waals surface area (Å²) in [6.45, 7) is 0.770. The highest BCUT2D eigenvalue weighted by Gasteiger charge is 2.19. The zero-order valence-electron chi connectivity index (χ0n) is 6.92. The fraction of sp³-hybridized carbons (Fsp3) is 0.667. The van der Waals surface area contributed by atoms with Gasteiger partial charge in [0.2, 0.25) is 0 Å². The summed E-state index contributed by atoms with van der Waals surface area (Å²) in [7, 11) is 0. The summed E-state index contributed by atoms with van der Waals surface area (Å²) < 4.78 is 12.9. The highest BCUT2D eigenvalue weighted by molar-refractivity contribution is 5.92. The van der Waals surface area contributed by atoms with Crippen LogP contribution in [0.25, 0.3) is 0 Å². The van der Waals surface area contributed by atoms with Crippen molar-refractivity contribution in [2.24, 2.45) is 0 Å². The molecule has 0 spiro atoms. The first-order valence-corrected chi connectivity index (χ1v) is 4.13. The molecule has 0 aromatic carbocycles. The second-order valence-corrected chi connectivity index (χ2v) is 2.99. The minimum Gasteiger partial charge on any atom is -0.329 e. The number of carbonyl (C=O) groups is 1. The van der Waals surface area contributed by atoms with Crippen molar-refractivity contribution in [3.63, 3.8) is 0 Å². The van der Waals surface area contributed by atoms with Gasteiger partial charge in [-0.25, -0.2) is 4.39 Å². The molecule has 1 unspecified atom stereocenters. The van der Waals surface area contributed by atoms with E-state index in [0.29, 0.717) is 13.0 Å². The number of carbonyl (C=O) groups excluding carboxylic acids is 1. The van der Waals surface area contributed by atoms with Gasteiger partial charge in [0.15, 0.2) is 0 Å². The Morgan fingerprint density at radius 3 is 3.00 bits per heavy atom. The normalized spacial score (nSPS) is 24.3. The van der Waals surface area contributed by atoms with Crippen molar-refractivity contribution in [2.45, 2.75) is 25.4 Å². The highest BCUT2D eigenvalue weighted by atomic mass is 19.1. The van der Waals surface area contributed by atoms with Crippen molar-refractivity contribution in [3.8, 4) is 12.3 Å². The smallest absolute Gasteiger partial charge is 0.298 e. The van der Waals surface area contributed by atoms with Gasteiger partial charge in [0.05, 0.1) is 6.54 Å². The molecule has 1 amide bonds. The van der Waals surface area contributed by atoms with Crippen molar-refractivity contribution in [1.29, 1.82) is 0 Å². The molecule has 3 heteroatoms. The Morgan fingerprint density at radius 2 is 2.33 bits per heavy atom. The van der Waals surface area contributed by atoms with Gasteiger partial charge in [0.1, 0.15) is 6.17 Å². The monoisotopic (exact) mass is 169 g/mol. The molecule has 66 valence electrons. The standard InChI is InChI=1S/C9H12FNO/c1-2-9(12)11-6-4-3-5-8(10)7-11/h1,8H,3-7H2. The number of rotatable bonds is 0. The maximum absolute atomic E-state index is 12.9. The Hall–Kier alpha value is -1.04. The fourth-order valence-electron chi connectivity index (χ4n) is 1.37. The Bertz CT molecular complexity index is 209. The molecule has 0 aromatic rings. The summed E-state index contributed by atoms with van der Waals surface area (Å²) in [6.07, 6.45) is 6.29. The summed E-state index contributed by atoms with van der Waals surface area (Å²) in [4.78, 5) is 12.4. The van der Waals surface area contributed by atoms with Crippen LogP contribution < -0.4 is 0 Å². The van der Waals surface area contributed by atoms with Gasteiger partial charge in [-0.3, -0.25) is 4.79 Å². The Balaban J connectivity index is 2.53. The molecule has 1 heterocycles. The third kappa shape index (κ3) is 2.23. The molecule has 1 fully saturated rings. The summed E-state index contributed by atoms with van der Waals surface area (Å²) in [5.74, 6) is 1.61. The SMILES string of the molecule is C#CC(=O)N1CCCCC(F)C1. The van der Waals surface area contributed by atoms with Crippen LogP contribution in [0.15, 0.2) is 0 Å². The predicted molar refractivity (Wildman–Crippen MR) is 44.2 cm³/mol.